The molecule has 0 saturated heterocycles. The van der Waals surface area contributed by atoms with Gasteiger partial charge in [-0.15, -0.1) is 0 Å². The number of aliphatic hydroxyl groups is 1. The first-order valence-electron chi connectivity index (χ1n) is 8.82. The van der Waals surface area contributed by atoms with Gasteiger partial charge < -0.3 is 10.4 Å². The van der Waals surface area contributed by atoms with E-state index in [2.05, 4.69) is 24.3 Å². The predicted octanol–water partition coefficient (Wildman–Crippen LogP) is 2.86. The minimum atomic E-state index is -0.698. The van der Waals surface area contributed by atoms with Gasteiger partial charge in [-0.25, -0.2) is 0 Å². The fourth-order valence-electron chi connectivity index (χ4n) is 3.02. The molecular weight excluding hydrogens is 314 g/mol. The van der Waals surface area contributed by atoms with E-state index in [0.29, 0.717) is 5.92 Å². The Labute approximate surface area is 150 Å². The van der Waals surface area contributed by atoms with Crippen LogP contribution in [-0.4, -0.2) is 27.3 Å². The van der Waals surface area contributed by atoms with E-state index in [1.54, 1.807) is 0 Å². The van der Waals surface area contributed by atoms with Gasteiger partial charge in [0.25, 0.3) is 0 Å². The van der Waals surface area contributed by atoms with Gasteiger partial charge in [-0.1, -0.05) is 38.1 Å². The SMILES string of the molecule is Cc1ccccc1C(O)CNC(=O)Cc1c(C)nn(CC(C)C)c1C. The van der Waals surface area contributed by atoms with Crippen molar-refractivity contribution in [3.05, 3.63) is 52.3 Å². The molecule has 0 bridgehead atoms. The van der Waals surface area contributed by atoms with Crippen LogP contribution < -0.4 is 5.32 Å². The average molecular weight is 343 g/mol. The molecule has 1 atom stereocenters. The summed E-state index contributed by atoms with van der Waals surface area (Å²) >= 11 is 0. The van der Waals surface area contributed by atoms with E-state index < -0.39 is 6.10 Å². The Bertz CT molecular complexity index is 735. The minimum Gasteiger partial charge on any atom is -0.387 e. The lowest BCUT2D eigenvalue weighted by Gasteiger charge is -2.14. The maximum atomic E-state index is 12.3. The second-order valence-corrected chi connectivity index (χ2v) is 7.08. The van der Waals surface area contributed by atoms with Crippen molar-refractivity contribution in [2.24, 2.45) is 5.92 Å². The summed E-state index contributed by atoms with van der Waals surface area (Å²) < 4.78 is 1.98. The van der Waals surface area contributed by atoms with E-state index in [1.165, 1.54) is 0 Å². The number of amides is 1. The zero-order valence-corrected chi connectivity index (χ0v) is 15.8. The second-order valence-electron chi connectivity index (χ2n) is 7.08. The van der Waals surface area contributed by atoms with E-state index in [1.807, 2.05) is 49.7 Å². The summed E-state index contributed by atoms with van der Waals surface area (Å²) in [6.07, 6.45) is -0.410. The Hall–Kier alpha value is -2.14. The van der Waals surface area contributed by atoms with E-state index >= 15 is 0 Å². The Balaban J connectivity index is 1.97. The lowest BCUT2D eigenvalue weighted by atomic mass is 10.0. The number of nitrogens with one attached hydrogen (secondary N) is 1. The first-order chi connectivity index (χ1) is 11.8. The van der Waals surface area contributed by atoms with Crippen LogP contribution in [0.5, 0.6) is 0 Å². The summed E-state index contributed by atoms with van der Waals surface area (Å²) in [5, 5.41) is 17.7. The van der Waals surface area contributed by atoms with Gasteiger partial charge in [-0.05, 0) is 37.8 Å². The number of nitrogens with zero attached hydrogens (tertiary/aromatic N) is 2. The standard InChI is InChI=1S/C20H29N3O2/c1-13(2)12-23-16(5)18(15(4)22-23)10-20(25)21-11-19(24)17-9-7-6-8-14(17)3/h6-9,13,19,24H,10-12H2,1-5H3,(H,21,25). The van der Waals surface area contributed by atoms with Gasteiger partial charge in [-0.3, -0.25) is 9.48 Å². The number of aromatic nitrogens is 2. The van der Waals surface area contributed by atoms with Crippen LogP contribution in [0.3, 0.4) is 0 Å². The zero-order chi connectivity index (χ0) is 18.6. The molecule has 5 nitrogen and oxygen atoms in total. The molecule has 0 aliphatic carbocycles. The summed E-state index contributed by atoms with van der Waals surface area (Å²) in [5.41, 5.74) is 4.78. The zero-order valence-electron chi connectivity index (χ0n) is 15.8. The van der Waals surface area contributed by atoms with Crippen molar-refractivity contribution in [2.45, 2.75) is 53.7 Å². The van der Waals surface area contributed by atoms with Crippen LogP contribution in [0.15, 0.2) is 24.3 Å². The van der Waals surface area contributed by atoms with E-state index in [-0.39, 0.29) is 18.9 Å². The van der Waals surface area contributed by atoms with E-state index in [4.69, 9.17) is 0 Å². The van der Waals surface area contributed by atoms with Crippen LogP contribution in [0.4, 0.5) is 0 Å². The lowest BCUT2D eigenvalue weighted by molar-refractivity contribution is -0.120. The van der Waals surface area contributed by atoms with Crippen molar-refractivity contribution < 1.29 is 9.90 Å². The third-order valence-corrected chi connectivity index (χ3v) is 4.45. The molecule has 2 aromatic rings. The monoisotopic (exact) mass is 343 g/mol. The molecule has 1 aromatic carbocycles. The van der Waals surface area contributed by atoms with Crippen molar-refractivity contribution in [3.63, 3.8) is 0 Å². The van der Waals surface area contributed by atoms with Gasteiger partial charge in [-0.2, -0.15) is 5.10 Å². The maximum Gasteiger partial charge on any atom is 0.224 e. The molecule has 136 valence electrons. The Kier molecular flexibility index (Phi) is 6.37. The quantitative estimate of drug-likeness (QED) is 0.812. The molecule has 25 heavy (non-hydrogen) atoms. The maximum absolute atomic E-state index is 12.3. The molecule has 2 N–H and O–H groups in total. The number of benzene rings is 1. The normalized spacial score (nSPS) is 12.4. The summed E-state index contributed by atoms with van der Waals surface area (Å²) in [6.45, 7) is 11.3. The molecule has 1 aromatic heterocycles. The summed E-state index contributed by atoms with van der Waals surface area (Å²) in [5.74, 6) is 0.409. The molecule has 1 heterocycles. The second kappa shape index (κ2) is 8.30. The van der Waals surface area contributed by atoms with Crippen molar-refractivity contribution in [1.29, 1.82) is 0 Å². The van der Waals surface area contributed by atoms with Gasteiger partial charge in [0.2, 0.25) is 5.91 Å². The van der Waals surface area contributed by atoms with Crippen LogP contribution in [0.2, 0.25) is 0 Å². The number of hydrogen-bond donors (Lipinski definition) is 2. The smallest absolute Gasteiger partial charge is 0.224 e. The van der Waals surface area contributed by atoms with Gasteiger partial charge in [0.05, 0.1) is 18.2 Å². The highest BCUT2D eigenvalue weighted by atomic mass is 16.3. The number of aryl methyl sites for hydroxylation is 2. The number of hydrogen-bond acceptors (Lipinski definition) is 3. The van der Waals surface area contributed by atoms with E-state index in [9.17, 15) is 9.90 Å². The van der Waals surface area contributed by atoms with Gasteiger partial charge in [0.1, 0.15) is 0 Å². The highest BCUT2D eigenvalue weighted by molar-refractivity contribution is 5.79. The highest BCUT2D eigenvalue weighted by Crippen LogP contribution is 2.17. The van der Waals surface area contributed by atoms with Gasteiger partial charge >= 0.3 is 0 Å². The first kappa shape index (κ1) is 19.2. The lowest BCUT2D eigenvalue weighted by Crippen LogP contribution is -2.30. The van der Waals surface area contributed by atoms with Crippen LogP contribution >= 0.6 is 0 Å². The van der Waals surface area contributed by atoms with Crippen molar-refractivity contribution >= 4 is 5.91 Å². The van der Waals surface area contributed by atoms with Crippen LogP contribution in [0, 0.1) is 26.7 Å². The van der Waals surface area contributed by atoms with Crippen LogP contribution in [-0.2, 0) is 17.8 Å². The number of rotatable bonds is 7. The molecular formula is C20H29N3O2. The molecule has 0 radical (unpaired) electrons. The molecule has 0 fully saturated rings. The molecule has 0 saturated carbocycles. The van der Waals surface area contributed by atoms with E-state index in [0.717, 1.165) is 34.6 Å². The first-order valence-corrected chi connectivity index (χ1v) is 8.82. The topological polar surface area (TPSA) is 67.2 Å². The average Bonchev–Trinajstić information content (AvgIpc) is 2.80. The summed E-state index contributed by atoms with van der Waals surface area (Å²) in [4.78, 5) is 12.3. The number of carbonyl (C=O) groups is 1. The predicted molar refractivity (Wildman–Crippen MR) is 99.4 cm³/mol. The molecule has 1 amide bonds. The minimum absolute atomic E-state index is 0.0945. The number of carbonyl (C=O) groups excluding carboxylic acids is 1. The fraction of sp³-hybridized carbons (Fsp3) is 0.500. The highest BCUT2D eigenvalue weighted by Gasteiger charge is 2.17. The molecule has 2 rings (SSSR count). The molecule has 0 aliphatic heterocycles. The number of aliphatic hydroxyl groups excluding tert-OH is 1. The van der Waals surface area contributed by atoms with Gasteiger partial charge in [0, 0.05) is 24.3 Å². The van der Waals surface area contributed by atoms with Crippen molar-refractivity contribution in [2.75, 3.05) is 6.54 Å². The summed E-state index contributed by atoms with van der Waals surface area (Å²) in [7, 11) is 0. The Morgan fingerprint density at radius 1 is 1.24 bits per heavy atom. The van der Waals surface area contributed by atoms with Crippen molar-refractivity contribution in [3.8, 4) is 0 Å². The molecule has 5 heteroatoms. The third kappa shape index (κ3) is 4.92. The van der Waals surface area contributed by atoms with Crippen LogP contribution in [0.25, 0.3) is 0 Å². The molecule has 0 aliphatic rings. The van der Waals surface area contributed by atoms with Crippen molar-refractivity contribution in [1.82, 2.24) is 15.1 Å². The van der Waals surface area contributed by atoms with Crippen LogP contribution in [0.1, 0.15) is 48.0 Å². The third-order valence-electron chi connectivity index (χ3n) is 4.45. The Morgan fingerprint density at radius 3 is 2.56 bits per heavy atom. The van der Waals surface area contributed by atoms with Gasteiger partial charge in [0.15, 0.2) is 0 Å². The fourth-order valence-corrected chi connectivity index (χ4v) is 3.02. The summed E-state index contributed by atoms with van der Waals surface area (Å²) in [6, 6.07) is 7.67. The largest absolute Gasteiger partial charge is 0.387 e. The molecule has 0 spiro atoms. The molecule has 1 unspecified atom stereocenters. The Morgan fingerprint density at radius 2 is 1.92 bits per heavy atom.